The number of carboxylic acids is 2. The van der Waals surface area contributed by atoms with E-state index in [-0.39, 0.29) is 22.2 Å². The number of hydrogen-bond donors (Lipinski definition) is 2. The topological polar surface area (TPSA) is 111 Å². The van der Waals surface area contributed by atoms with Crippen molar-refractivity contribution in [2.75, 3.05) is 75.0 Å². The molecule has 3 aromatic heterocycles. The smallest absolute Gasteiger partial charge is 0.343 e. The Bertz CT molecular complexity index is 3990. The molecule has 2 N–H and O–H groups in total. The normalized spacial score (nSPS) is 16.1. The average molecular weight is 1090 g/mol. The number of benzene rings is 4. The molecule has 0 radical (unpaired) electrons. The van der Waals surface area contributed by atoms with E-state index in [0.717, 1.165) is 127 Å². The highest BCUT2D eigenvalue weighted by Gasteiger charge is 2.48. The third-order valence-electron chi connectivity index (χ3n) is 16.9. The quantitative estimate of drug-likeness (QED) is 0.122. The van der Waals surface area contributed by atoms with Gasteiger partial charge in [0.1, 0.15) is 18.0 Å². The van der Waals surface area contributed by atoms with Gasteiger partial charge in [0.2, 0.25) is 11.0 Å². The molecular weight excluding hydrogens is 1020 g/mol. The third kappa shape index (κ3) is 8.44. The van der Waals surface area contributed by atoms with E-state index in [0.29, 0.717) is 22.6 Å². The molecule has 4 aromatic carbocycles. The first kappa shape index (κ1) is 52.5. The SMILES string of the molecule is CC1=CC(C)(C)N2CCCc3c4c(cc1c32)C(c1c(C(=O)O)c(-[n+]2ccc(N(C)C)cc2)c(-[n+]2ccc(N(C)C)cc2)c(Sc2ccc(C(=O)O)cc2)c1-[n+]1ccc(N(C)C)cc1)=c1cc2c3c(c1O4)CCC[N+]=3C(C)(C)C=C2C. The van der Waals surface area contributed by atoms with Gasteiger partial charge in [0.05, 0.1) is 27.9 Å². The number of carbonyl (C=O) groups is 2. The van der Waals surface area contributed by atoms with Crippen molar-refractivity contribution >= 4 is 63.2 Å². The minimum absolute atomic E-state index is 0.105. The van der Waals surface area contributed by atoms with Crippen LogP contribution in [0.25, 0.3) is 33.8 Å². The van der Waals surface area contributed by atoms with Gasteiger partial charge in [-0.25, -0.2) is 14.2 Å². The van der Waals surface area contributed by atoms with Crippen molar-refractivity contribution in [3.8, 4) is 28.6 Å². The van der Waals surface area contributed by atoms with Crippen molar-refractivity contribution in [2.45, 2.75) is 88.1 Å². The molecule has 5 aliphatic rings. The Morgan fingerprint density at radius 3 is 1.74 bits per heavy atom. The highest BCUT2D eigenvalue weighted by molar-refractivity contribution is 7.99. The van der Waals surface area contributed by atoms with Gasteiger partial charge in [0, 0.05) is 161 Å². The summed E-state index contributed by atoms with van der Waals surface area (Å²) >= 11 is 1.48. The van der Waals surface area contributed by atoms with E-state index in [1.807, 2.05) is 135 Å². The van der Waals surface area contributed by atoms with Gasteiger partial charge in [-0.3, -0.25) is 0 Å². The van der Waals surface area contributed by atoms with Gasteiger partial charge in [-0.05, 0) is 101 Å². The summed E-state index contributed by atoms with van der Waals surface area (Å²) in [7, 11) is 12.0. The number of anilines is 4. The second-order valence-electron chi connectivity index (χ2n) is 23.6. The van der Waals surface area contributed by atoms with E-state index in [9.17, 15) is 15.0 Å². The summed E-state index contributed by atoms with van der Waals surface area (Å²) in [5.74, 6) is -0.580. The third-order valence-corrected chi connectivity index (χ3v) is 18.0. The summed E-state index contributed by atoms with van der Waals surface area (Å²) in [4.78, 5) is 38.1. The van der Waals surface area contributed by atoms with E-state index in [2.05, 4.69) is 96.9 Å². The molecule has 0 fully saturated rings. The first-order chi connectivity index (χ1) is 38.1. The molecule has 0 spiro atoms. The number of nitrogens with zero attached hydrogens (tertiary/aromatic N) is 8. The molecule has 0 unspecified atom stereocenters. The number of carboxylic acid groups (broad SMARTS) is 2. The summed E-state index contributed by atoms with van der Waals surface area (Å²) in [6, 6.07) is 23.8. The molecule has 80 heavy (non-hydrogen) atoms. The molecule has 0 amide bonds. The molecule has 0 saturated heterocycles. The van der Waals surface area contributed by atoms with Gasteiger partial charge in [0.25, 0.3) is 5.69 Å². The van der Waals surface area contributed by atoms with Crippen molar-refractivity contribution in [1.29, 1.82) is 0 Å². The van der Waals surface area contributed by atoms with Crippen LogP contribution in [0, 0.1) is 0 Å². The standard InChI is InChI=1S/C66H68N8O5S/c1-39-37-65(3,4)73-27-13-15-46-55(73)48(39)35-50-52(51-36-49-40(2)38-66(5,6)74-28-14-16-47(56(49)74)61(51)79-60(46)50)53-54(64(77)78)57(70-29-21-42(22-30-70)67(7)8)59(72-33-25-44(26-34-72)69(11)12)62(80-45-19-17-41(18-20-45)63(75)76)58(53)71-31-23-43(24-32-71)68(9)10/h17-26,29-38H,13-16,27-28H2,1-12H3/q+2/p+2. The summed E-state index contributed by atoms with van der Waals surface area (Å²) in [5, 5.41) is 24.9. The first-order valence-corrected chi connectivity index (χ1v) is 28.4. The second kappa shape index (κ2) is 19.3. The number of pyridine rings is 3. The van der Waals surface area contributed by atoms with Crippen LogP contribution in [0.2, 0.25) is 0 Å². The van der Waals surface area contributed by atoms with Gasteiger partial charge in [-0.1, -0.05) is 17.8 Å². The van der Waals surface area contributed by atoms with Crippen molar-refractivity contribution in [1.82, 2.24) is 4.58 Å². The van der Waals surface area contributed by atoms with Crippen LogP contribution >= 0.6 is 11.8 Å². The molecule has 7 aromatic rings. The fourth-order valence-electron chi connectivity index (χ4n) is 13.2. The van der Waals surface area contributed by atoms with Crippen molar-refractivity contribution in [3.05, 3.63) is 177 Å². The van der Waals surface area contributed by atoms with Gasteiger partial charge in [0.15, 0.2) is 53.2 Å². The first-order valence-electron chi connectivity index (χ1n) is 27.6. The van der Waals surface area contributed by atoms with Crippen molar-refractivity contribution in [3.63, 3.8) is 0 Å². The van der Waals surface area contributed by atoms with Crippen LogP contribution in [0.4, 0.5) is 22.7 Å². The van der Waals surface area contributed by atoms with Crippen LogP contribution in [-0.2, 0) is 12.8 Å². The van der Waals surface area contributed by atoms with Gasteiger partial charge >= 0.3 is 17.6 Å². The number of allylic oxidation sites excluding steroid dienone is 2. The number of aromatic carboxylic acids is 2. The highest BCUT2D eigenvalue weighted by Crippen LogP contribution is 2.54. The monoisotopic (exact) mass is 1090 g/mol. The predicted octanol–water partition coefficient (Wildman–Crippen LogP) is 9.20. The van der Waals surface area contributed by atoms with Crippen LogP contribution in [0.15, 0.2) is 132 Å². The lowest BCUT2D eigenvalue weighted by Gasteiger charge is -2.47. The molecule has 8 heterocycles. The molecule has 406 valence electrons. The van der Waals surface area contributed by atoms with Gasteiger partial charge in [-0.2, -0.15) is 13.7 Å². The number of hydrogen-bond acceptors (Lipinski definition) is 8. The molecule has 13 nitrogen and oxygen atoms in total. The fourth-order valence-corrected chi connectivity index (χ4v) is 14.3. The Hall–Kier alpha value is -8.23. The van der Waals surface area contributed by atoms with E-state index >= 15 is 4.79 Å². The molecule has 5 aliphatic heterocycles. The summed E-state index contributed by atoms with van der Waals surface area (Å²) in [6.07, 6.45) is 20.2. The molecular formula is C66H70N8O5S+4. The molecule has 12 rings (SSSR count). The minimum atomic E-state index is -1.10. The maximum absolute atomic E-state index is 15.6. The lowest BCUT2D eigenvalue weighted by Crippen LogP contribution is -2.53. The van der Waals surface area contributed by atoms with Crippen LogP contribution in [0.5, 0.6) is 11.5 Å². The maximum Gasteiger partial charge on any atom is 0.343 e. The molecule has 0 atom stereocenters. The van der Waals surface area contributed by atoms with E-state index < -0.39 is 11.9 Å². The van der Waals surface area contributed by atoms with E-state index in [1.165, 1.54) is 22.8 Å². The van der Waals surface area contributed by atoms with Crippen LogP contribution < -0.4 is 53.2 Å². The van der Waals surface area contributed by atoms with Crippen molar-refractivity contribution in [2.24, 2.45) is 0 Å². The lowest BCUT2D eigenvalue weighted by molar-refractivity contribution is -0.637. The van der Waals surface area contributed by atoms with Gasteiger partial charge in [-0.15, -0.1) is 0 Å². The highest BCUT2D eigenvalue weighted by atomic mass is 32.2. The summed E-state index contributed by atoms with van der Waals surface area (Å²) < 4.78 is 16.4. The van der Waals surface area contributed by atoms with Crippen molar-refractivity contribution < 1.29 is 38.2 Å². The molecule has 0 bridgehead atoms. The van der Waals surface area contributed by atoms with Crippen LogP contribution in [-0.4, -0.2) is 88.6 Å². The molecule has 0 saturated carbocycles. The Balaban J connectivity index is 1.36. The zero-order valence-electron chi connectivity index (χ0n) is 47.9. The Labute approximate surface area is 472 Å². The Kier molecular flexibility index (Phi) is 12.6. The fraction of sp³-hybridized carbons (Fsp3) is 0.303. The zero-order valence-corrected chi connectivity index (χ0v) is 48.7. The van der Waals surface area contributed by atoms with E-state index in [1.54, 1.807) is 12.1 Å². The summed E-state index contributed by atoms with van der Waals surface area (Å²) in [6.45, 7) is 15.4. The van der Waals surface area contributed by atoms with E-state index in [4.69, 9.17) is 4.74 Å². The lowest BCUT2D eigenvalue weighted by atomic mass is 9.78. The number of ether oxygens (including phenoxy) is 1. The Morgan fingerprint density at radius 2 is 1.18 bits per heavy atom. The van der Waals surface area contributed by atoms with Gasteiger partial charge < -0.3 is 34.5 Å². The molecule has 14 heteroatoms. The maximum atomic E-state index is 15.6. The number of aromatic nitrogens is 3. The summed E-state index contributed by atoms with van der Waals surface area (Å²) in [5.41, 5.74) is 14.5. The van der Waals surface area contributed by atoms with Crippen LogP contribution in [0.3, 0.4) is 0 Å². The average Bonchev–Trinajstić information content (AvgIpc) is 3.55. The second-order valence-corrected chi connectivity index (χ2v) is 24.7. The zero-order chi connectivity index (χ0) is 56.4. The number of rotatable bonds is 11. The van der Waals surface area contributed by atoms with Crippen LogP contribution in [0.1, 0.15) is 108 Å². The largest absolute Gasteiger partial charge is 0.478 e. The molecule has 0 aliphatic carbocycles. The number of fused-ring (bicyclic) bond motifs is 4. The predicted molar refractivity (Wildman–Crippen MR) is 318 cm³/mol. The Morgan fingerprint density at radius 1 is 0.625 bits per heavy atom. The minimum Gasteiger partial charge on any atom is -0.478 e.